The van der Waals surface area contributed by atoms with E-state index in [9.17, 15) is 13.6 Å². The molecule has 0 saturated carbocycles. The molecule has 0 radical (unpaired) electrons. The lowest BCUT2D eigenvalue weighted by molar-refractivity contribution is 0.174. The van der Waals surface area contributed by atoms with Crippen LogP contribution in [-0.2, 0) is 6.54 Å². The summed E-state index contributed by atoms with van der Waals surface area (Å²) in [4.78, 5) is 12.4. The third-order valence-electron chi connectivity index (χ3n) is 4.42. The summed E-state index contributed by atoms with van der Waals surface area (Å²) >= 11 is 0. The van der Waals surface area contributed by atoms with Crippen molar-refractivity contribution in [1.82, 2.24) is 14.3 Å². The van der Waals surface area contributed by atoms with Crippen LogP contribution in [0.1, 0.15) is 0 Å². The number of fused-ring (bicyclic) bond motifs is 1. The molecule has 7 nitrogen and oxygen atoms in total. The van der Waals surface area contributed by atoms with E-state index in [0.717, 1.165) is 14.8 Å². The summed E-state index contributed by atoms with van der Waals surface area (Å²) in [6, 6.07) is 9.81. The summed E-state index contributed by atoms with van der Waals surface area (Å²) in [6.45, 7) is 0.00653. The molecule has 0 unspecified atom stereocenters. The van der Waals surface area contributed by atoms with Crippen molar-refractivity contribution in [1.29, 1.82) is 0 Å². The Morgan fingerprint density at radius 3 is 2.68 bits per heavy atom. The van der Waals surface area contributed by atoms with Gasteiger partial charge >= 0.3 is 5.69 Å². The zero-order valence-electron chi connectivity index (χ0n) is 14.6. The van der Waals surface area contributed by atoms with Crippen LogP contribution < -0.4 is 20.9 Å². The normalized spacial score (nSPS) is 13.2. The maximum atomic E-state index is 14.7. The molecule has 2 aromatic carbocycles. The maximum Gasteiger partial charge on any atom is 0.350 e. The Morgan fingerprint density at radius 1 is 1.18 bits per heavy atom. The van der Waals surface area contributed by atoms with Crippen LogP contribution in [0, 0.1) is 5.82 Å². The van der Waals surface area contributed by atoms with E-state index in [4.69, 9.17) is 15.2 Å². The molecule has 3 aromatic rings. The molecule has 28 heavy (non-hydrogen) atoms. The third-order valence-corrected chi connectivity index (χ3v) is 4.42. The zero-order valence-corrected chi connectivity index (χ0v) is 14.6. The van der Waals surface area contributed by atoms with E-state index >= 15 is 0 Å². The summed E-state index contributed by atoms with van der Waals surface area (Å²) in [6.07, 6.45) is 1.53. The number of hydrogen-bond donors (Lipinski definition) is 1. The van der Waals surface area contributed by atoms with E-state index in [1.54, 1.807) is 24.3 Å². The van der Waals surface area contributed by atoms with Gasteiger partial charge in [-0.15, -0.1) is 0 Å². The second-order valence-electron chi connectivity index (χ2n) is 6.15. The molecule has 0 bridgehead atoms. The van der Waals surface area contributed by atoms with E-state index in [1.807, 2.05) is 0 Å². The predicted octanol–water partition coefficient (Wildman–Crippen LogP) is 2.38. The van der Waals surface area contributed by atoms with Gasteiger partial charge < -0.3 is 15.2 Å². The van der Waals surface area contributed by atoms with Crippen molar-refractivity contribution in [2.45, 2.75) is 6.54 Å². The Hall–Kier alpha value is -3.46. The molecule has 0 atom stereocenters. The van der Waals surface area contributed by atoms with E-state index in [2.05, 4.69) is 5.10 Å². The first-order valence-electron chi connectivity index (χ1n) is 8.43. The zero-order chi connectivity index (χ0) is 19.7. The van der Waals surface area contributed by atoms with Crippen molar-refractivity contribution in [3.63, 3.8) is 0 Å². The lowest BCUT2D eigenvalue weighted by Gasteiger charge is -2.07. The number of aromatic nitrogens is 3. The molecule has 4 rings (SSSR count). The van der Waals surface area contributed by atoms with Gasteiger partial charge in [0.2, 0.25) is 6.79 Å². The monoisotopic (exact) mass is 386 g/mol. The molecule has 0 saturated heterocycles. The Balaban J connectivity index is 1.66. The topological polar surface area (TPSA) is 84.3 Å². The van der Waals surface area contributed by atoms with E-state index in [0.29, 0.717) is 23.4 Å². The minimum atomic E-state index is -0.600. The molecule has 0 aliphatic carbocycles. The summed E-state index contributed by atoms with van der Waals surface area (Å²) in [7, 11) is 0. The van der Waals surface area contributed by atoms with Crippen LogP contribution in [0.2, 0.25) is 0 Å². The molecule has 144 valence electrons. The number of nitrogens with two attached hydrogens (primary N) is 1. The van der Waals surface area contributed by atoms with Gasteiger partial charge in [0.15, 0.2) is 11.5 Å². The molecule has 0 amide bonds. The number of halogens is 2. The minimum Gasteiger partial charge on any atom is -0.454 e. The molecular formula is C19H16F2N4O3. The average Bonchev–Trinajstić information content (AvgIpc) is 3.32. The van der Waals surface area contributed by atoms with Crippen LogP contribution in [-0.4, -0.2) is 27.7 Å². The van der Waals surface area contributed by atoms with Gasteiger partial charge in [0, 0.05) is 6.54 Å². The smallest absolute Gasteiger partial charge is 0.350 e. The molecule has 1 aliphatic heterocycles. The highest BCUT2D eigenvalue weighted by molar-refractivity contribution is 5.68. The fourth-order valence-corrected chi connectivity index (χ4v) is 2.90. The van der Waals surface area contributed by atoms with Crippen LogP contribution in [0.15, 0.2) is 59.4 Å². The largest absolute Gasteiger partial charge is 0.454 e. The molecule has 9 heteroatoms. The van der Waals surface area contributed by atoms with Gasteiger partial charge in [-0.1, -0.05) is 12.1 Å². The van der Waals surface area contributed by atoms with Crippen molar-refractivity contribution in [2.75, 3.05) is 13.3 Å². The van der Waals surface area contributed by atoms with Gasteiger partial charge in [-0.05, 0) is 41.0 Å². The first-order valence-corrected chi connectivity index (χ1v) is 8.43. The van der Waals surface area contributed by atoms with Gasteiger partial charge in [-0.2, -0.15) is 5.10 Å². The molecule has 1 aromatic heterocycles. The highest BCUT2D eigenvalue weighted by Crippen LogP contribution is 2.36. The quantitative estimate of drug-likeness (QED) is 0.728. The van der Waals surface area contributed by atoms with Crippen LogP contribution in [0.25, 0.3) is 16.8 Å². The van der Waals surface area contributed by atoms with Crippen molar-refractivity contribution >= 4 is 0 Å². The fraction of sp³-hybridized carbons (Fsp3) is 0.158. The summed E-state index contributed by atoms with van der Waals surface area (Å²) in [5, 5.41) is 3.90. The first kappa shape index (κ1) is 17.9. The van der Waals surface area contributed by atoms with Crippen molar-refractivity contribution < 1.29 is 18.3 Å². The molecule has 0 fully saturated rings. The van der Waals surface area contributed by atoms with E-state index < -0.39 is 11.5 Å². The second kappa shape index (κ2) is 7.28. The van der Waals surface area contributed by atoms with E-state index in [-0.39, 0.29) is 31.1 Å². The Labute approximate surface area is 158 Å². The molecule has 2 N–H and O–H groups in total. The number of rotatable bonds is 5. The number of ether oxygens (including phenoxy) is 2. The van der Waals surface area contributed by atoms with Crippen LogP contribution in [0.3, 0.4) is 0 Å². The van der Waals surface area contributed by atoms with Gasteiger partial charge in [-0.25, -0.2) is 22.8 Å². The number of benzene rings is 2. The lowest BCUT2D eigenvalue weighted by Crippen LogP contribution is -2.26. The van der Waals surface area contributed by atoms with Crippen molar-refractivity contribution in [3.05, 3.63) is 70.9 Å². The Morgan fingerprint density at radius 2 is 1.93 bits per heavy atom. The average molecular weight is 386 g/mol. The van der Waals surface area contributed by atoms with Gasteiger partial charge in [-0.3, -0.25) is 0 Å². The van der Waals surface area contributed by atoms with Gasteiger partial charge in [0.1, 0.15) is 12.1 Å². The van der Waals surface area contributed by atoms with E-state index in [1.165, 1.54) is 18.5 Å². The van der Waals surface area contributed by atoms with Crippen LogP contribution >= 0.6 is 0 Å². The molecule has 2 heterocycles. The van der Waals surface area contributed by atoms with Gasteiger partial charge in [0.05, 0.1) is 18.6 Å². The Bertz CT molecular complexity index is 1120. The predicted molar refractivity (Wildman–Crippen MR) is 97.6 cm³/mol. The molecular weight excluding hydrogens is 370 g/mol. The summed E-state index contributed by atoms with van der Waals surface area (Å²) < 4.78 is 40.1. The third kappa shape index (κ3) is 3.16. The highest BCUT2D eigenvalue weighted by Gasteiger charge is 2.16. The highest BCUT2D eigenvalue weighted by atomic mass is 19.1. The minimum absolute atomic E-state index is 0.0410. The second-order valence-corrected chi connectivity index (χ2v) is 6.15. The first-order chi connectivity index (χ1) is 13.6. The molecule has 1 aliphatic rings. The van der Waals surface area contributed by atoms with Crippen molar-refractivity contribution in [3.8, 4) is 28.3 Å². The van der Waals surface area contributed by atoms with Crippen LogP contribution in [0.5, 0.6) is 11.5 Å². The summed E-state index contributed by atoms with van der Waals surface area (Å²) in [5.41, 5.74) is 6.41. The lowest BCUT2D eigenvalue weighted by atomic mass is 10.0. The maximum absolute atomic E-state index is 14.7. The molecule has 0 spiro atoms. The fourth-order valence-electron chi connectivity index (χ4n) is 2.90. The van der Waals surface area contributed by atoms with Gasteiger partial charge in [0.25, 0.3) is 0 Å². The van der Waals surface area contributed by atoms with Crippen molar-refractivity contribution in [2.24, 2.45) is 5.73 Å². The summed E-state index contributed by atoms with van der Waals surface area (Å²) in [5.74, 6) is 0.631. The SMILES string of the molecule is NC/C(=C\F)Cn1ncn(-c2ccc(-c3ccc4c(c3)OCO4)cc2F)c1=O. The Kier molecular flexibility index (Phi) is 4.66. The number of nitrogens with zero attached hydrogens (tertiary/aromatic N) is 3. The standard InChI is InChI=1S/C19H16F2N4O3/c20-7-12(8-22)9-25-19(26)24(10-23-25)16-3-1-13(5-15(16)21)14-2-4-17-18(6-14)28-11-27-17/h1-7,10H,8-9,11,22H2/b12-7+. The number of hydrogen-bond acceptors (Lipinski definition) is 5. The van der Waals surface area contributed by atoms with Crippen LogP contribution in [0.4, 0.5) is 8.78 Å².